The minimum Gasteiger partial charge on any atom is -0.385 e. The maximum Gasteiger partial charge on any atom is 0.253 e. The summed E-state index contributed by atoms with van der Waals surface area (Å²) in [5.74, 6) is 0.549. The summed E-state index contributed by atoms with van der Waals surface area (Å²) in [6.07, 6.45) is 2.07. The molecule has 110 valence electrons. The van der Waals surface area contributed by atoms with Gasteiger partial charge in [0.05, 0.1) is 5.56 Å². The maximum absolute atomic E-state index is 12.3. The minimum atomic E-state index is 0.00689. The van der Waals surface area contributed by atoms with Crippen LogP contribution in [-0.4, -0.2) is 32.2 Å². The summed E-state index contributed by atoms with van der Waals surface area (Å²) < 4.78 is 5.33. The molecule has 0 aromatic heterocycles. The molecule has 4 nitrogen and oxygen atoms in total. The predicted octanol–water partition coefficient (Wildman–Crippen LogP) is 2.58. The van der Waals surface area contributed by atoms with E-state index in [4.69, 9.17) is 4.74 Å². The van der Waals surface area contributed by atoms with E-state index in [1.807, 2.05) is 32.0 Å². The average Bonchev–Trinajstić information content (AvgIpc) is 2.46. The summed E-state index contributed by atoms with van der Waals surface area (Å²) in [6, 6.07) is 5.89. The maximum atomic E-state index is 12.3. The number of hydrogen-bond acceptors (Lipinski definition) is 3. The third-order valence-corrected chi connectivity index (χ3v) is 3.68. The number of ether oxygens (including phenoxy) is 1. The van der Waals surface area contributed by atoms with Gasteiger partial charge in [0.15, 0.2) is 0 Å². The Morgan fingerprint density at radius 2 is 2.10 bits per heavy atom. The fraction of sp³-hybridized carbons (Fsp3) is 0.562. The summed E-state index contributed by atoms with van der Waals surface area (Å²) in [6.45, 7) is 7.24. The van der Waals surface area contributed by atoms with Crippen LogP contribution in [0.5, 0.6) is 0 Å². The van der Waals surface area contributed by atoms with Gasteiger partial charge in [-0.25, -0.2) is 0 Å². The van der Waals surface area contributed by atoms with Gasteiger partial charge in [-0.2, -0.15) is 0 Å². The van der Waals surface area contributed by atoms with Gasteiger partial charge in [-0.15, -0.1) is 0 Å². The second-order valence-electron chi connectivity index (χ2n) is 5.35. The molecule has 1 amide bonds. The number of anilines is 1. The van der Waals surface area contributed by atoms with Crippen LogP contribution in [0.15, 0.2) is 18.2 Å². The van der Waals surface area contributed by atoms with Gasteiger partial charge in [0.2, 0.25) is 0 Å². The lowest BCUT2D eigenvalue weighted by Crippen LogP contribution is -2.32. The second kappa shape index (κ2) is 7.29. The highest BCUT2D eigenvalue weighted by molar-refractivity contribution is 5.99. The summed E-state index contributed by atoms with van der Waals surface area (Å²) in [5, 5.41) is 6.31. The first-order chi connectivity index (χ1) is 9.70. The Kier molecular flexibility index (Phi) is 5.41. The molecule has 0 radical (unpaired) electrons. The number of nitrogens with one attached hydrogen (secondary N) is 2. The fourth-order valence-electron chi connectivity index (χ4n) is 2.48. The number of rotatable bonds is 5. The highest BCUT2D eigenvalue weighted by Gasteiger charge is 2.16. The van der Waals surface area contributed by atoms with Crippen LogP contribution in [-0.2, 0) is 4.74 Å². The van der Waals surface area contributed by atoms with Crippen LogP contribution in [0.3, 0.4) is 0 Å². The van der Waals surface area contributed by atoms with E-state index < -0.39 is 0 Å². The Bertz CT molecular complexity index is 454. The molecule has 0 atom stereocenters. The lowest BCUT2D eigenvalue weighted by molar-refractivity contribution is 0.0643. The van der Waals surface area contributed by atoms with Gasteiger partial charge >= 0.3 is 0 Å². The van der Waals surface area contributed by atoms with Crippen molar-refractivity contribution in [3.8, 4) is 0 Å². The smallest absolute Gasteiger partial charge is 0.253 e. The highest BCUT2D eigenvalue weighted by atomic mass is 16.5. The molecule has 1 aliphatic rings. The zero-order chi connectivity index (χ0) is 14.4. The molecule has 1 heterocycles. The molecule has 0 saturated carbocycles. The molecule has 0 aliphatic carbocycles. The van der Waals surface area contributed by atoms with E-state index >= 15 is 0 Å². The van der Waals surface area contributed by atoms with Crippen molar-refractivity contribution in [1.82, 2.24) is 5.32 Å². The van der Waals surface area contributed by atoms with Gasteiger partial charge in [-0.3, -0.25) is 4.79 Å². The van der Waals surface area contributed by atoms with Crippen molar-refractivity contribution in [3.63, 3.8) is 0 Å². The van der Waals surface area contributed by atoms with Crippen molar-refractivity contribution in [3.05, 3.63) is 29.3 Å². The number of carbonyl (C=O) groups excluding carboxylic acids is 1. The van der Waals surface area contributed by atoms with Crippen molar-refractivity contribution >= 4 is 11.6 Å². The summed E-state index contributed by atoms with van der Waals surface area (Å²) >= 11 is 0. The lowest BCUT2D eigenvalue weighted by Gasteiger charge is -2.22. The first kappa shape index (κ1) is 14.9. The van der Waals surface area contributed by atoms with Crippen LogP contribution in [0.1, 0.15) is 35.7 Å². The molecule has 1 aromatic rings. The molecule has 20 heavy (non-hydrogen) atoms. The monoisotopic (exact) mass is 276 g/mol. The zero-order valence-corrected chi connectivity index (χ0v) is 12.4. The standard InChI is InChI=1S/C16H24N2O2/c1-3-17-15-10-12(2)4-5-14(15)16(19)18-11-13-6-8-20-9-7-13/h4-5,10,13,17H,3,6-9,11H2,1-2H3,(H,18,19). The van der Waals surface area contributed by atoms with Crippen LogP contribution in [0, 0.1) is 12.8 Å². The molecule has 0 spiro atoms. The van der Waals surface area contributed by atoms with Gasteiger partial charge in [0.25, 0.3) is 5.91 Å². The van der Waals surface area contributed by atoms with Gasteiger partial charge in [0, 0.05) is 32.0 Å². The van der Waals surface area contributed by atoms with E-state index in [-0.39, 0.29) is 5.91 Å². The fourth-order valence-corrected chi connectivity index (χ4v) is 2.48. The molecular formula is C16H24N2O2. The molecule has 4 heteroatoms. The van der Waals surface area contributed by atoms with Gasteiger partial charge in [0.1, 0.15) is 0 Å². The Hall–Kier alpha value is -1.55. The Morgan fingerprint density at radius 1 is 1.35 bits per heavy atom. The van der Waals surface area contributed by atoms with E-state index in [2.05, 4.69) is 10.6 Å². The molecule has 1 aliphatic heterocycles. The molecule has 0 unspecified atom stereocenters. The minimum absolute atomic E-state index is 0.00689. The first-order valence-corrected chi connectivity index (χ1v) is 7.41. The quantitative estimate of drug-likeness (QED) is 0.869. The van der Waals surface area contributed by atoms with Gasteiger partial charge in [-0.05, 0) is 50.3 Å². The lowest BCUT2D eigenvalue weighted by atomic mass is 10.00. The number of benzene rings is 1. The Balaban J connectivity index is 1.97. The van der Waals surface area contributed by atoms with Crippen molar-refractivity contribution in [2.24, 2.45) is 5.92 Å². The largest absolute Gasteiger partial charge is 0.385 e. The Morgan fingerprint density at radius 3 is 2.80 bits per heavy atom. The van der Waals surface area contributed by atoms with E-state index in [9.17, 15) is 4.79 Å². The van der Waals surface area contributed by atoms with Crippen molar-refractivity contribution in [1.29, 1.82) is 0 Å². The van der Waals surface area contributed by atoms with Crippen molar-refractivity contribution in [2.75, 3.05) is 31.6 Å². The highest BCUT2D eigenvalue weighted by Crippen LogP contribution is 2.18. The third kappa shape index (κ3) is 3.97. The van der Waals surface area contributed by atoms with Crippen molar-refractivity contribution in [2.45, 2.75) is 26.7 Å². The average molecular weight is 276 g/mol. The Labute approximate surface area is 120 Å². The zero-order valence-electron chi connectivity index (χ0n) is 12.4. The molecule has 0 bridgehead atoms. The van der Waals surface area contributed by atoms with Crippen LogP contribution in [0.25, 0.3) is 0 Å². The molecule has 2 rings (SSSR count). The number of carbonyl (C=O) groups is 1. The third-order valence-electron chi connectivity index (χ3n) is 3.68. The number of amides is 1. The van der Waals surface area contributed by atoms with E-state index in [0.717, 1.165) is 56.0 Å². The number of aryl methyl sites for hydroxylation is 1. The van der Waals surface area contributed by atoms with Crippen LogP contribution in [0.4, 0.5) is 5.69 Å². The van der Waals surface area contributed by atoms with Gasteiger partial charge < -0.3 is 15.4 Å². The van der Waals surface area contributed by atoms with E-state index in [1.165, 1.54) is 0 Å². The summed E-state index contributed by atoms with van der Waals surface area (Å²) in [7, 11) is 0. The first-order valence-electron chi connectivity index (χ1n) is 7.41. The topological polar surface area (TPSA) is 50.4 Å². The van der Waals surface area contributed by atoms with Crippen LogP contribution >= 0.6 is 0 Å². The SMILES string of the molecule is CCNc1cc(C)ccc1C(=O)NCC1CCOCC1. The summed E-state index contributed by atoms with van der Waals surface area (Å²) in [4.78, 5) is 12.3. The predicted molar refractivity (Wildman–Crippen MR) is 81.2 cm³/mol. The molecule has 1 saturated heterocycles. The van der Waals surface area contributed by atoms with Crippen LogP contribution in [0.2, 0.25) is 0 Å². The molecule has 1 aromatic carbocycles. The normalized spacial score (nSPS) is 15.9. The van der Waals surface area contributed by atoms with Crippen LogP contribution < -0.4 is 10.6 Å². The van der Waals surface area contributed by atoms with Crippen molar-refractivity contribution < 1.29 is 9.53 Å². The molecule has 2 N–H and O–H groups in total. The molecule has 1 fully saturated rings. The van der Waals surface area contributed by atoms with E-state index in [1.54, 1.807) is 0 Å². The number of hydrogen-bond donors (Lipinski definition) is 2. The van der Waals surface area contributed by atoms with Gasteiger partial charge in [-0.1, -0.05) is 6.07 Å². The summed E-state index contributed by atoms with van der Waals surface area (Å²) in [5.41, 5.74) is 2.79. The van der Waals surface area contributed by atoms with E-state index in [0.29, 0.717) is 5.92 Å². The second-order valence-corrected chi connectivity index (χ2v) is 5.35. The molecular weight excluding hydrogens is 252 g/mol.